The van der Waals surface area contributed by atoms with E-state index < -0.39 is 10.0 Å². The van der Waals surface area contributed by atoms with Crippen molar-refractivity contribution in [2.45, 2.75) is 25.8 Å². The van der Waals surface area contributed by atoms with E-state index >= 15 is 0 Å². The van der Waals surface area contributed by atoms with E-state index in [0.29, 0.717) is 12.3 Å². The molecule has 0 bridgehead atoms. The number of nitrogens with zero attached hydrogens (tertiary/aromatic N) is 1. The lowest BCUT2D eigenvalue weighted by atomic mass is 10.3. The molecule has 0 aliphatic rings. The van der Waals surface area contributed by atoms with Gasteiger partial charge < -0.3 is 0 Å². The summed E-state index contributed by atoms with van der Waals surface area (Å²) in [7, 11) is -1.47. The van der Waals surface area contributed by atoms with Crippen molar-refractivity contribution in [1.82, 2.24) is 4.31 Å². The molecule has 0 aliphatic carbocycles. The van der Waals surface area contributed by atoms with E-state index in [9.17, 15) is 8.42 Å². The van der Waals surface area contributed by atoms with Gasteiger partial charge in [0.15, 0.2) is 0 Å². The minimum Gasteiger partial charge on any atom is -0.212 e. The van der Waals surface area contributed by atoms with Crippen LogP contribution in [0.2, 0.25) is 0 Å². The fourth-order valence-corrected chi connectivity index (χ4v) is 3.45. The van der Waals surface area contributed by atoms with Gasteiger partial charge in [0.05, 0.1) is 5.75 Å². The summed E-state index contributed by atoms with van der Waals surface area (Å²) in [5.74, 6) is 1.53. The summed E-state index contributed by atoms with van der Waals surface area (Å²) in [6.07, 6.45) is 3.43. The Balaban J connectivity index is 4.21. The minimum absolute atomic E-state index is 0.0674. The lowest BCUT2D eigenvalue weighted by molar-refractivity contribution is 0.382. The zero-order valence-corrected chi connectivity index (χ0v) is 12.0. The normalized spacial score (nSPS) is 14.5. The van der Waals surface area contributed by atoms with Crippen molar-refractivity contribution in [1.29, 1.82) is 0 Å². The Morgan fingerprint density at radius 2 is 2.07 bits per heavy atom. The van der Waals surface area contributed by atoms with E-state index in [-0.39, 0.29) is 11.8 Å². The predicted molar refractivity (Wildman–Crippen MR) is 69.3 cm³/mol. The Kier molecular flexibility index (Phi) is 8.05. The highest BCUT2D eigenvalue weighted by Gasteiger charge is 2.21. The number of sulfonamides is 1. The molecule has 6 heteroatoms. The predicted octanol–water partition coefficient (Wildman–Crippen LogP) is 2.02. The summed E-state index contributed by atoms with van der Waals surface area (Å²) < 4.78 is 25.0. The van der Waals surface area contributed by atoms with E-state index in [2.05, 4.69) is 0 Å². The van der Waals surface area contributed by atoms with Gasteiger partial charge in [-0.05, 0) is 31.8 Å². The molecule has 0 aromatic heterocycles. The Hall–Kier alpha value is 0.550. The summed E-state index contributed by atoms with van der Waals surface area (Å²) in [5, 5.41) is 0. The quantitative estimate of drug-likeness (QED) is 0.635. The lowest BCUT2D eigenvalue weighted by Crippen LogP contribution is -2.37. The first kappa shape index (κ1) is 15.6. The Labute approximate surface area is 103 Å². The third kappa shape index (κ3) is 6.00. The molecule has 0 spiro atoms. The van der Waals surface area contributed by atoms with Gasteiger partial charge in [-0.25, -0.2) is 12.7 Å². The molecule has 0 fully saturated rings. The first-order chi connectivity index (χ1) is 6.95. The molecule has 0 rings (SSSR count). The maximum atomic E-state index is 11.8. The van der Waals surface area contributed by atoms with Crippen LogP contribution in [0.5, 0.6) is 0 Å². The van der Waals surface area contributed by atoms with Gasteiger partial charge >= 0.3 is 0 Å². The first-order valence-corrected chi connectivity index (χ1v) is 8.50. The van der Waals surface area contributed by atoms with Crippen LogP contribution in [0, 0.1) is 0 Å². The van der Waals surface area contributed by atoms with Crippen molar-refractivity contribution in [3.05, 3.63) is 0 Å². The SMILES string of the molecule is CSCCC(C)N(C)S(=O)(=O)CCCCl. The monoisotopic (exact) mass is 273 g/mol. The van der Waals surface area contributed by atoms with Gasteiger partial charge in [-0.1, -0.05) is 0 Å². The molecule has 0 saturated heterocycles. The largest absolute Gasteiger partial charge is 0.214 e. The maximum Gasteiger partial charge on any atom is 0.214 e. The van der Waals surface area contributed by atoms with Crippen LogP contribution in [0.15, 0.2) is 0 Å². The van der Waals surface area contributed by atoms with Crippen molar-refractivity contribution in [3.63, 3.8) is 0 Å². The highest BCUT2D eigenvalue weighted by atomic mass is 35.5. The number of hydrogen-bond acceptors (Lipinski definition) is 3. The van der Waals surface area contributed by atoms with Crippen LogP contribution in [-0.4, -0.2) is 49.5 Å². The molecule has 0 aliphatic heterocycles. The van der Waals surface area contributed by atoms with Crippen molar-refractivity contribution < 1.29 is 8.42 Å². The molecule has 1 unspecified atom stereocenters. The second kappa shape index (κ2) is 7.76. The molecule has 0 N–H and O–H groups in total. The van der Waals surface area contributed by atoms with Crippen LogP contribution in [0.4, 0.5) is 0 Å². The Morgan fingerprint density at radius 3 is 2.53 bits per heavy atom. The van der Waals surface area contributed by atoms with E-state index in [0.717, 1.165) is 12.2 Å². The molecular formula is C9H20ClNO2S2. The smallest absolute Gasteiger partial charge is 0.212 e. The molecule has 1 atom stereocenters. The van der Waals surface area contributed by atoms with Crippen molar-refractivity contribution in [2.75, 3.05) is 30.7 Å². The van der Waals surface area contributed by atoms with Crippen molar-refractivity contribution in [3.8, 4) is 0 Å². The summed E-state index contributed by atoms with van der Waals surface area (Å²) in [5.41, 5.74) is 0. The summed E-state index contributed by atoms with van der Waals surface area (Å²) in [6.45, 7) is 1.94. The molecule has 0 amide bonds. The Bertz CT molecular complexity index is 257. The van der Waals surface area contributed by atoms with Crippen molar-refractivity contribution in [2.24, 2.45) is 0 Å². The second-order valence-electron chi connectivity index (χ2n) is 3.51. The maximum absolute atomic E-state index is 11.8. The molecule has 15 heavy (non-hydrogen) atoms. The standard InChI is InChI=1S/C9H20ClNO2S2/c1-9(5-7-14-3)11(2)15(12,13)8-4-6-10/h9H,4-8H2,1-3H3. The number of rotatable bonds is 8. The first-order valence-electron chi connectivity index (χ1n) is 4.96. The van der Waals surface area contributed by atoms with Crippen LogP contribution in [-0.2, 0) is 10.0 Å². The summed E-state index contributed by atoms with van der Waals surface area (Å²) in [4.78, 5) is 0. The zero-order valence-electron chi connectivity index (χ0n) is 9.57. The van der Waals surface area contributed by atoms with E-state index in [1.54, 1.807) is 18.8 Å². The van der Waals surface area contributed by atoms with Crippen LogP contribution < -0.4 is 0 Å². The van der Waals surface area contributed by atoms with Crippen molar-refractivity contribution >= 4 is 33.4 Å². The fraction of sp³-hybridized carbons (Fsp3) is 1.00. The van der Waals surface area contributed by atoms with Gasteiger partial charge in [0.2, 0.25) is 10.0 Å². The molecule has 0 saturated carbocycles. The minimum atomic E-state index is -3.11. The van der Waals surface area contributed by atoms with E-state index in [1.807, 2.05) is 13.2 Å². The molecular weight excluding hydrogens is 254 g/mol. The highest BCUT2D eigenvalue weighted by Crippen LogP contribution is 2.11. The average Bonchev–Trinajstić information content (AvgIpc) is 2.21. The summed E-state index contributed by atoms with van der Waals surface area (Å²) >= 11 is 7.22. The van der Waals surface area contributed by atoms with E-state index in [4.69, 9.17) is 11.6 Å². The average molecular weight is 274 g/mol. The van der Waals surface area contributed by atoms with E-state index in [1.165, 1.54) is 4.31 Å². The van der Waals surface area contributed by atoms with Crippen LogP contribution in [0.25, 0.3) is 0 Å². The van der Waals surface area contributed by atoms with Gasteiger partial charge in [0.25, 0.3) is 0 Å². The number of thioether (sulfide) groups is 1. The van der Waals surface area contributed by atoms with Crippen LogP contribution in [0.1, 0.15) is 19.8 Å². The third-order valence-electron chi connectivity index (χ3n) is 2.34. The fourth-order valence-electron chi connectivity index (χ4n) is 1.13. The topological polar surface area (TPSA) is 37.4 Å². The van der Waals surface area contributed by atoms with Gasteiger partial charge in [0, 0.05) is 19.0 Å². The molecule has 0 radical (unpaired) electrons. The molecule has 0 aromatic rings. The third-order valence-corrected chi connectivity index (χ3v) is 5.29. The molecule has 0 aromatic carbocycles. The van der Waals surface area contributed by atoms with Crippen LogP contribution in [0.3, 0.4) is 0 Å². The molecule has 3 nitrogen and oxygen atoms in total. The number of halogens is 1. The highest BCUT2D eigenvalue weighted by molar-refractivity contribution is 7.98. The molecule has 92 valence electrons. The Morgan fingerprint density at radius 1 is 1.47 bits per heavy atom. The lowest BCUT2D eigenvalue weighted by Gasteiger charge is -2.23. The second-order valence-corrected chi connectivity index (χ2v) is 7.02. The van der Waals surface area contributed by atoms with Gasteiger partial charge in [-0.2, -0.15) is 11.8 Å². The number of hydrogen-bond donors (Lipinski definition) is 0. The van der Waals surface area contributed by atoms with Crippen LogP contribution >= 0.6 is 23.4 Å². The van der Waals surface area contributed by atoms with Gasteiger partial charge in [0.1, 0.15) is 0 Å². The number of alkyl halides is 1. The molecule has 0 heterocycles. The summed E-state index contributed by atoms with van der Waals surface area (Å²) in [6, 6.07) is 0.0674. The zero-order chi connectivity index (χ0) is 11.9. The van der Waals surface area contributed by atoms with Gasteiger partial charge in [-0.15, -0.1) is 11.6 Å². The van der Waals surface area contributed by atoms with Gasteiger partial charge in [-0.3, -0.25) is 0 Å².